The quantitative estimate of drug-likeness (QED) is 0.276. The highest BCUT2D eigenvalue weighted by molar-refractivity contribution is 6.37. The molecule has 30 heavy (non-hydrogen) atoms. The zero-order chi connectivity index (χ0) is 21.7. The number of carbonyl (C=O) groups is 1. The average Bonchev–Trinajstić information content (AvgIpc) is 3.13. The third-order valence-corrected chi connectivity index (χ3v) is 4.78. The summed E-state index contributed by atoms with van der Waals surface area (Å²) in [6, 6.07) is 6.26. The van der Waals surface area contributed by atoms with Gasteiger partial charge >= 0.3 is 0 Å². The monoisotopic (exact) mass is 430 g/mol. The molecular weight excluding hydrogens is 410 g/mol. The molecule has 0 aliphatic carbocycles. The molecule has 0 saturated heterocycles. The van der Waals surface area contributed by atoms with Crippen molar-refractivity contribution in [3.05, 3.63) is 47.0 Å². The van der Waals surface area contributed by atoms with E-state index in [9.17, 15) is 4.79 Å². The molecule has 0 fully saturated rings. The van der Waals surface area contributed by atoms with Gasteiger partial charge in [-0.15, -0.1) is 0 Å². The summed E-state index contributed by atoms with van der Waals surface area (Å²) < 4.78 is 17.2. The average molecular weight is 431 g/mol. The van der Waals surface area contributed by atoms with E-state index in [0.29, 0.717) is 23.2 Å². The van der Waals surface area contributed by atoms with Crippen molar-refractivity contribution in [2.75, 3.05) is 18.5 Å². The Balaban J connectivity index is 2.09. The van der Waals surface area contributed by atoms with E-state index in [2.05, 4.69) is 22.7 Å². The minimum Gasteiger partial charge on any atom is -0.394 e. The smallest absolute Gasteiger partial charge is 0.277 e. The Hall–Kier alpha value is -2.62. The van der Waals surface area contributed by atoms with Crippen molar-refractivity contribution in [3.63, 3.8) is 0 Å². The molecule has 0 aliphatic rings. The van der Waals surface area contributed by atoms with E-state index in [1.54, 1.807) is 29.1 Å². The number of rotatable bonds is 9. The van der Waals surface area contributed by atoms with Crippen LogP contribution in [0.5, 0.6) is 0 Å². The minimum atomic E-state index is -0.692. The number of imidazole rings is 1. The first-order valence-corrected chi connectivity index (χ1v) is 9.86. The van der Waals surface area contributed by atoms with Gasteiger partial charge in [0.05, 0.1) is 47.0 Å². The molecule has 156 valence electrons. The van der Waals surface area contributed by atoms with Crippen LogP contribution >= 0.6 is 11.6 Å². The molecule has 3 rings (SSSR count). The van der Waals surface area contributed by atoms with Gasteiger partial charge in [0.25, 0.3) is 5.91 Å². The zero-order valence-electron chi connectivity index (χ0n) is 16.4. The Morgan fingerprint density at radius 3 is 2.90 bits per heavy atom. The van der Waals surface area contributed by atoms with Crippen molar-refractivity contribution in [1.82, 2.24) is 15.0 Å². The molecule has 1 amide bonds. The van der Waals surface area contributed by atoms with Crippen LogP contribution in [0.4, 0.5) is 15.8 Å². The first-order valence-electron chi connectivity index (χ1n) is 9.48. The number of hydrogen-bond acceptors (Lipinski definition) is 5. The van der Waals surface area contributed by atoms with Crippen molar-refractivity contribution >= 4 is 53.2 Å². The first kappa shape index (κ1) is 22.1. The topological polar surface area (TPSA) is 88.4 Å². The fourth-order valence-electron chi connectivity index (χ4n) is 2.95. The number of carbonyl (C=O) groups excluding carboxylic acids is 1. The lowest BCUT2D eigenvalue weighted by Crippen LogP contribution is -2.26. The molecule has 0 atom stereocenters. The highest BCUT2D eigenvalue weighted by atomic mass is 35.5. The van der Waals surface area contributed by atoms with Gasteiger partial charge in [-0.05, 0) is 24.6 Å². The number of unbranched alkanes of at least 4 members (excludes halogenated alkanes) is 1. The van der Waals surface area contributed by atoms with Gasteiger partial charge in [-0.3, -0.25) is 9.63 Å². The lowest BCUT2D eigenvalue weighted by Gasteiger charge is -2.16. The molecule has 1 aromatic heterocycles. The van der Waals surface area contributed by atoms with Gasteiger partial charge in [0.2, 0.25) is 0 Å². The third kappa shape index (κ3) is 4.75. The number of anilines is 2. The number of aliphatic hydroxyl groups excluding tert-OH is 1. The SMILES string of the molecule is [B]c1ccc(Nc2c(C(=O)NOCCO)cc3c(ncn3CCCC)c2F)c(Cl)c1. The molecule has 0 bridgehead atoms. The Morgan fingerprint density at radius 1 is 1.40 bits per heavy atom. The van der Waals surface area contributed by atoms with Gasteiger partial charge in [0.1, 0.15) is 13.4 Å². The number of nitrogens with one attached hydrogen (secondary N) is 2. The van der Waals surface area contributed by atoms with E-state index >= 15 is 4.39 Å². The van der Waals surface area contributed by atoms with E-state index < -0.39 is 11.7 Å². The summed E-state index contributed by atoms with van der Waals surface area (Å²) in [4.78, 5) is 21.8. The summed E-state index contributed by atoms with van der Waals surface area (Å²) in [5.74, 6) is -1.37. The molecule has 0 aliphatic heterocycles. The van der Waals surface area contributed by atoms with Crippen LogP contribution in [0.3, 0.4) is 0 Å². The van der Waals surface area contributed by atoms with Crippen molar-refractivity contribution in [2.24, 2.45) is 0 Å². The van der Waals surface area contributed by atoms with Crippen molar-refractivity contribution in [3.8, 4) is 0 Å². The number of amides is 1. The lowest BCUT2D eigenvalue weighted by atomic mass is 9.96. The van der Waals surface area contributed by atoms with Crippen LogP contribution in [-0.4, -0.2) is 41.6 Å². The van der Waals surface area contributed by atoms with Gasteiger partial charge in [0, 0.05) is 6.54 Å². The van der Waals surface area contributed by atoms with E-state index in [1.165, 1.54) is 6.07 Å². The van der Waals surface area contributed by atoms with Crippen LogP contribution in [0, 0.1) is 5.82 Å². The summed E-state index contributed by atoms with van der Waals surface area (Å²) >= 11 is 6.21. The molecule has 3 N–H and O–H groups in total. The number of nitrogens with zero attached hydrogens (tertiary/aromatic N) is 2. The van der Waals surface area contributed by atoms with Crippen LogP contribution in [0.25, 0.3) is 11.0 Å². The van der Waals surface area contributed by atoms with Gasteiger partial charge in [0.15, 0.2) is 5.82 Å². The van der Waals surface area contributed by atoms with Crippen LogP contribution in [-0.2, 0) is 11.4 Å². The zero-order valence-corrected chi connectivity index (χ0v) is 17.2. The largest absolute Gasteiger partial charge is 0.394 e. The van der Waals surface area contributed by atoms with E-state index in [0.717, 1.165) is 12.8 Å². The highest BCUT2D eigenvalue weighted by Crippen LogP contribution is 2.33. The van der Waals surface area contributed by atoms with Gasteiger partial charge in [-0.2, -0.15) is 0 Å². The fourth-order valence-corrected chi connectivity index (χ4v) is 3.19. The van der Waals surface area contributed by atoms with Crippen molar-refractivity contribution < 1.29 is 19.1 Å². The number of fused-ring (bicyclic) bond motifs is 1. The second-order valence-corrected chi connectivity index (χ2v) is 7.05. The van der Waals surface area contributed by atoms with Crippen LogP contribution in [0.1, 0.15) is 30.1 Å². The number of aliphatic hydroxyl groups is 1. The summed E-state index contributed by atoms with van der Waals surface area (Å²) in [5, 5.41) is 12.0. The third-order valence-electron chi connectivity index (χ3n) is 4.46. The summed E-state index contributed by atoms with van der Waals surface area (Å²) in [7, 11) is 5.71. The molecule has 3 aromatic rings. The summed E-state index contributed by atoms with van der Waals surface area (Å²) in [6.45, 7) is 2.32. The molecule has 0 unspecified atom stereocenters. The maximum atomic E-state index is 15.4. The number of hydroxylamine groups is 1. The molecule has 10 heteroatoms. The second-order valence-electron chi connectivity index (χ2n) is 6.64. The van der Waals surface area contributed by atoms with Crippen LogP contribution in [0.15, 0.2) is 30.6 Å². The molecule has 1 heterocycles. The maximum Gasteiger partial charge on any atom is 0.277 e. The Labute approximate surface area is 179 Å². The Morgan fingerprint density at radius 2 is 2.20 bits per heavy atom. The highest BCUT2D eigenvalue weighted by Gasteiger charge is 2.22. The molecular formula is C20H21BClFN4O3. The molecule has 0 spiro atoms. The second kappa shape index (κ2) is 9.93. The summed E-state index contributed by atoms with van der Waals surface area (Å²) in [5.41, 5.74) is 3.56. The number of hydrogen-bond donors (Lipinski definition) is 3. The number of benzene rings is 2. The predicted octanol–water partition coefficient (Wildman–Crippen LogP) is 2.82. The van der Waals surface area contributed by atoms with Gasteiger partial charge < -0.3 is 15.0 Å². The van der Waals surface area contributed by atoms with E-state index in [4.69, 9.17) is 29.4 Å². The molecule has 2 aromatic carbocycles. The lowest BCUT2D eigenvalue weighted by molar-refractivity contribution is 0.0169. The molecule has 2 radical (unpaired) electrons. The standard InChI is InChI=1S/C20H21BClFN4O3/c1-2-3-6-27-11-24-19-16(27)10-13(20(29)26-30-8-7-28)18(17(19)23)25-15-5-4-12(21)9-14(15)22/h4-5,9-11,25,28H,2-3,6-8H2,1H3,(H,26,29). The fraction of sp³-hybridized carbons (Fsp3) is 0.300. The number of halogens is 2. The van der Waals surface area contributed by atoms with Crippen LogP contribution in [0.2, 0.25) is 5.02 Å². The molecule has 0 saturated carbocycles. The Kier molecular flexibility index (Phi) is 7.31. The first-order chi connectivity index (χ1) is 14.5. The molecule has 7 nitrogen and oxygen atoms in total. The number of aryl methyl sites for hydroxylation is 1. The normalized spacial score (nSPS) is 11.1. The van der Waals surface area contributed by atoms with Crippen molar-refractivity contribution in [1.29, 1.82) is 0 Å². The number of aromatic nitrogens is 2. The van der Waals surface area contributed by atoms with Gasteiger partial charge in [-0.25, -0.2) is 14.9 Å². The maximum absolute atomic E-state index is 15.4. The minimum absolute atomic E-state index is 0.00378. The predicted molar refractivity (Wildman–Crippen MR) is 115 cm³/mol. The van der Waals surface area contributed by atoms with Crippen molar-refractivity contribution in [2.45, 2.75) is 26.3 Å². The van der Waals surface area contributed by atoms with E-state index in [1.807, 2.05) is 0 Å². The summed E-state index contributed by atoms with van der Waals surface area (Å²) in [6.07, 6.45) is 3.39. The Bertz CT molecular complexity index is 1060. The van der Waals surface area contributed by atoms with E-state index in [-0.39, 0.29) is 35.0 Å². The van der Waals surface area contributed by atoms with Crippen LogP contribution < -0.4 is 16.3 Å². The van der Waals surface area contributed by atoms with Gasteiger partial charge in [-0.1, -0.05) is 36.5 Å².